The van der Waals surface area contributed by atoms with E-state index in [4.69, 9.17) is 4.74 Å². The van der Waals surface area contributed by atoms with E-state index in [1.807, 2.05) is 30.3 Å². The van der Waals surface area contributed by atoms with Gasteiger partial charge in [0.15, 0.2) is 0 Å². The van der Waals surface area contributed by atoms with Crippen molar-refractivity contribution in [3.8, 4) is 5.75 Å². The predicted octanol–water partition coefficient (Wildman–Crippen LogP) is 2.99. The van der Waals surface area contributed by atoms with Crippen molar-refractivity contribution in [2.75, 3.05) is 31.3 Å². The molecule has 0 radical (unpaired) electrons. The fraction of sp³-hybridized carbons (Fsp3) is 0.259. The monoisotopic (exact) mass is 527 g/mol. The second kappa shape index (κ2) is 12.4. The highest BCUT2D eigenvalue weighted by molar-refractivity contribution is 7.92. The summed E-state index contributed by atoms with van der Waals surface area (Å²) in [7, 11) is -0.903. The predicted molar refractivity (Wildman–Crippen MR) is 140 cm³/mol. The topological polar surface area (TPSA) is 96.0 Å². The molecule has 1 atom stereocenters. The van der Waals surface area contributed by atoms with Crippen LogP contribution in [0.3, 0.4) is 0 Å². The summed E-state index contributed by atoms with van der Waals surface area (Å²) in [6.07, 6.45) is 1.18. The summed E-state index contributed by atoms with van der Waals surface area (Å²) >= 11 is 0. The van der Waals surface area contributed by atoms with E-state index >= 15 is 0 Å². The third-order valence-electron chi connectivity index (χ3n) is 5.80. The standard InChI is InChI=1S/C27H30FN3O5S/c1-29-27(33)25(17-20-8-5-4-6-9-20)30(18-21-10-7-11-24(16-21)36-2)26(32)19-31(37(3,34)35)23-14-12-22(28)13-15-23/h4-16,25H,17-19H2,1-3H3,(H,29,33)/t25-/m1/s1. The molecule has 3 rings (SSSR count). The Kier molecular flexibility index (Phi) is 9.24. The molecule has 37 heavy (non-hydrogen) atoms. The maximum atomic E-state index is 13.8. The number of nitrogens with zero attached hydrogens (tertiary/aromatic N) is 2. The summed E-state index contributed by atoms with van der Waals surface area (Å²) in [4.78, 5) is 28.2. The van der Waals surface area contributed by atoms with Crippen LogP contribution in [0.25, 0.3) is 0 Å². The second-order valence-electron chi connectivity index (χ2n) is 8.44. The number of halogens is 1. The zero-order valence-corrected chi connectivity index (χ0v) is 21.7. The van der Waals surface area contributed by atoms with Gasteiger partial charge >= 0.3 is 0 Å². The molecule has 0 spiro atoms. The number of methoxy groups -OCH3 is 1. The average molecular weight is 528 g/mol. The van der Waals surface area contributed by atoms with E-state index in [0.29, 0.717) is 11.3 Å². The molecule has 0 unspecified atom stereocenters. The Balaban J connectivity index is 2.02. The Bertz CT molecular complexity index is 1320. The molecule has 0 aliphatic carbocycles. The molecule has 0 heterocycles. The third-order valence-corrected chi connectivity index (χ3v) is 6.94. The highest BCUT2D eigenvalue weighted by Crippen LogP contribution is 2.22. The minimum Gasteiger partial charge on any atom is -0.497 e. The van der Waals surface area contributed by atoms with E-state index in [2.05, 4.69) is 5.32 Å². The highest BCUT2D eigenvalue weighted by atomic mass is 32.2. The summed E-state index contributed by atoms with van der Waals surface area (Å²) < 4.78 is 44.9. The van der Waals surface area contributed by atoms with E-state index < -0.39 is 40.2 Å². The molecule has 0 bridgehead atoms. The van der Waals surface area contributed by atoms with Gasteiger partial charge in [-0.15, -0.1) is 0 Å². The lowest BCUT2D eigenvalue weighted by Gasteiger charge is -2.33. The van der Waals surface area contributed by atoms with E-state index in [9.17, 15) is 22.4 Å². The maximum Gasteiger partial charge on any atom is 0.244 e. The van der Waals surface area contributed by atoms with Gasteiger partial charge in [-0.1, -0.05) is 42.5 Å². The van der Waals surface area contributed by atoms with E-state index in [1.54, 1.807) is 24.3 Å². The summed E-state index contributed by atoms with van der Waals surface area (Å²) in [6.45, 7) is -0.543. The minimum atomic E-state index is -3.91. The fourth-order valence-corrected chi connectivity index (χ4v) is 4.76. The third kappa shape index (κ3) is 7.53. The van der Waals surface area contributed by atoms with Crippen LogP contribution in [0.4, 0.5) is 10.1 Å². The molecule has 0 saturated carbocycles. The van der Waals surface area contributed by atoms with Crippen molar-refractivity contribution in [1.29, 1.82) is 0 Å². The van der Waals surface area contributed by atoms with Crippen molar-refractivity contribution < 1.29 is 27.1 Å². The normalized spacial score (nSPS) is 11.9. The van der Waals surface area contributed by atoms with Crippen LogP contribution in [-0.4, -0.2) is 58.1 Å². The Hall–Kier alpha value is -3.92. The van der Waals surface area contributed by atoms with E-state index in [0.717, 1.165) is 28.3 Å². The van der Waals surface area contributed by atoms with Crippen molar-refractivity contribution in [3.63, 3.8) is 0 Å². The van der Waals surface area contributed by atoms with Crippen LogP contribution in [0.1, 0.15) is 11.1 Å². The average Bonchev–Trinajstić information content (AvgIpc) is 2.89. The van der Waals surface area contributed by atoms with Crippen molar-refractivity contribution in [1.82, 2.24) is 10.2 Å². The maximum absolute atomic E-state index is 13.8. The number of nitrogens with one attached hydrogen (secondary N) is 1. The molecule has 0 fully saturated rings. The van der Waals surface area contributed by atoms with Crippen LogP contribution < -0.4 is 14.4 Å². The van der Waals surface area contributed by atoms with Crippen LogP contribution >= 0.6 is 0 Å². The number of rotatable bonds is 11. The Labute approximate surface area is 216 Å². The van der Waals surface area contributed by atoms with Gasteiger partial charge in [0.05, 0.1) is 19.1 Å². The zero-order valence-electron chi connectivity index (χ0n) is 20.9. The van der Waals surface area contributed by atoms with E-state index in [1.165, 1.54) is 31.2 Å². The number of benzene rings is 3. The van der Waals surface area contributed by atoms with Crippen LogP contribution in [0.5, 0.6) is 5.75 Å². The van der Waals surface area contributed by atoms with Crippen LogP contribution in [0.15, 0.2) is 78.9 Å². The summed E-state index contributed by atoms with van der Waals surface area (Å²) in [5.41, 5.74) is 1.67. The molecule has 0 saturated heterocycles. The molecular formula is C27H30FN3O5S. The van der Waals surface area contributed by atoms with Gasteiger partial charge in [-0.05, 0) is 47.5 Å². The number of hydrogen-bond acceptors (Lipinski definition) is 5. The second-order valence-corrected chi connectivity index (χ2v) is 10.3. The molecule has 0 aliphatic heterocycles. The van der Waals surface area contributed by atoms with Gasteiger partial charge < -0.3 is 15.0 Å². The van der Waals surface area contributed by atoms with Gasteiger partial charge in [-0.2, -0.15) is 0 Å². The Morgan fingerprint density at radius 2 is 1.62 bits per heavy atom. The minimum absolute atomic E-state index is 0.0297. The zero-order chi connectivity index (χ0) is 27.0. The number of carbonyl (C=O) groups is 2. The smallest absolute Gasteiger partial charge is 0.244 e. The number of hydrogen-bond donors (Lipinski definition) is 1. The van der Waals surface area contributed by atoms with Gasteiger partial charge in [0.25, 0.3) is 0 Å². The number of ether oxygens (including phenoxy) is 1. The summed E-state index contributed by atoms with van der Waals surface area (Å²) in [6, 6.07) is 20.2. The van der Waals surface area contributed by atoms with Gasteiger partial charge in [0.1, 0.15) is 24.2 Å². The molecule has 3 aromatic carbocycles. The number of likely N-dealkylation sites (N-methyl/N-ethyl adjacent to an activating group) is 1. The lowest BCUT2D eigenvalue weighted by atomic mass is 10.0. The SMILES string of the molecule is CNC(=O)[C@@H](Cc1ccccc1)N(Cc1cccc(OC)c1)C(=O)CN(c1ccc(F)cc1)S(C)(=O)=O. The number of carbonyl (C=O) groups excluding carboxylic acids is 2. The first-order chi connectivity index (χ1) is 17.6. The molecule has 1 N–H and O–H groups in total. The first-order valence-electron chi connectivity index (χ1n) is 11.5. The molecule has 196 valence electrons. The number of amides is 2. The fourth-order valence-electron chi connectivity index (χ4n) is 3.91. The Morgan fingerprint density at radius 3 is 2.22 bits per heavy atom. The molecule has 10 heteroatoms. The quantitative estimate of drug-likeness (QED) is 0.414. The Morgan fingerprint density at radius 1 is 0.973 bits per heavy atom. The molecule has 0 aromatic heterocycles. The highest BCUT2D eigenvalue weighted by Gasteiger charge is 2.32. The van der Waals surface area contributed by atoms with Crippen molar-refractivity contribution in [2.24, 2.45) is 0 Å². The van der Waals surface area contributed by atoms with Crippen molar-refractivity contribution >= 4 is 27.5 Å². The van der Waals surface area contributed by atoms with Crippen molar-refractivity contribution in [2.45, 2.75) is 19.0 Å². The molecular weight excluding hydrogens is 497 g/mol. The number of anilines is 1. The first-order valence-corrected chi connectivity index (χ1v) is 13.4. The van der Waals surface area contributed by atoms with Crippen LogP contribution in [-0.2, 0) is 32.6 Å². The lowest BCUT2D eigenvalue weighted by Crippen LogP contribution is -2.52. The van der Waals surface area contributed by atoms with Crippen molar-refractivity contribution in [3.05, 3.63) is 95.8 Å². The molecule has 3 aromatic rings. The lowest BCUT2D eigenvalue weighted by molar-refractivity contribution is -0.139. The molecule has 2 amide bonds. The van der Waals surface area contributed by atoms with Crippen LogP contribution in [0.2, 0.25) is 0 Å². The van der Waals surface area contributed by atoms with Gasteiger partial charge in [-0.3, -0.25) is 13.9 Å². The molecule has 0 aliphatic rings. The molecule has 8 nitrogen and oxygen atoms in total. The summed E-state index contributed by atoms with van der Waals surface area (Å²) in [5.74, 6) is -0.950. The van der Waals surface area contributed by atoms with E-state index in [-0.39, 0.29) is 18.7 Å². The van der Waals surface area contributed by atoms with Gasteiger partial charge in [0.2, 0.25) is 21.8 Å². The number of sulfonamides is 1. The summed E-state index contributed by atoms with van der Waals surface area (Å²) in [5, 5.41) is 2.62. The van der Waals surface area contributed by atoms with Crippen LogP contribution in [0, 0.1) is 5.82 Å². The largest absolute Gasteiger partial charge is 0.497 e. The van der Waals surface area contributed by atoms with Gasteiger partial charge in [0, 0.05) is 20.0 Å². The van der Waals surface area contributed by atoms with Gasteiger partial charge in [-0.25, -0.2) is 12.8 Å². The first kappa shape index (κ1) is 27.7.